The van der Waals surface area contributed by atoms with Crippen LogP contribution in [-0.2, 0) is 0 Å². The van der Waals surface area contributed by atoms with E-state index in [1.807, 2.05) is 49.4 Å². The maximum atomic E-state index is 12.9. The minimum atomic E-state index is -0.203. The second-order valence-electron chi connectivity index (χ2n) is 6.32. The first kappa shape index (κ1) is 19.9. The molecule has 6 heteroatoms. The lowest BCUT2D eigenvalue weighted by atomic mass is 10.2. The van der Waals surface area contributed by atoms with Crippen molar-refractivity contribution >= 4 is 22.9 Å². The van der Waals surface area contributed by atoms with Gasteiger partial charge in [-0.05, 0) is 25.5 Å². The molecule has 0 aliphatic rings. The number of aromatic nitrogens is 1. The SMILES string of the molecule is CCCCOc1ccc(OC)cc1NC(=O)c1sc(-c2ccccc2)nc1C. The summed E-state index contributed by atoms with van der Waals surface area (Å²) in [7, 11) is 1.60. The number of nitrogens with zero attached hydrogens (tertiary/aromatic N) is 1. The van der Waals surface area contributed by atoms with Gasteiger partial charge in [0.2, 0.25) is 0 Å². The van der Waals surface area contributed by atoms with Crippen molar-refractivity contribution in [1.29, 1.82) is 0 Å². The number of aryl methyl sites for hydroxylation is 1. The molecule has 0 saturated carbocycles. The molecule has 1 N–H and O–H groups in total. The number of carbonyl (C=O) groups is 1. The van der Waals surface area contributed by atoms with Crippen molar-refractivity contribution in [3.05, 3.63) is 59.1 Å². The van der Waals surface area contributed by atoms with Gasteiger partial charge >= 0.3 is 0 Å². The fourth-order valence-corrected chi connectivity index (χ4v) is 3.64. The highest BCUT2D eigenvalue weighted by Gasteiger charge is 2.18. The summed E-state index contributed by atoms with van der Waals surface area (Å²) in [4.78, 5) is 18.1. The van der Waals surface area contributed by atoms with Crippen LogP contribution in [0.15, 0.2) is 48.5 Å². The maximum Gasteiger partial charge on any atom is 0.267 e. The van der Waals surface area contributed by atoms with Gasteiger partial charge in [0.05, 0.1) is 25.1 Å². The highest BCUT2D eigenvalue weighted by atomic mass is 32.1. The lowest BCUT2D eigenvalue weighted by Crippen LogP contribution is -2.13. The van der Waals surface area contributed by atoms with E-state index in [1.165, 1.54) is 11.3 Å². The number of anilines is 1. The number of methoxy groups -OCH3 is 1. The summed E-state index contributed by atoms with van der Waals surface area (Å²) >= 11 is 1.38. The molecule has 0 saturated heterocycles. The van der Waals surface area contributed by atoms with E-state index >= 15 is 0 Å². The Morgan fingerprint density at radius 1 is 1.18 bits per heavy atom. The minimum absolute atomic E-state index is 0.203. The zero-order valence-corrected chi connectivity index (χ0v) is 17.1. The van der Waals surface area contributed by atoms with Gasteiger partial charge in [-0.3, -0.25) is 4.79 Å². The molecule has 0 spiro atoms. The molecule has 0 aliphatic heterocycles. The average molecular weight is 397 g/mol. The van der Waals surface area contributed by atoms with Crippen LogP contribution in [0, 0.1) is 6.92 Å². The third-order valence-electron chi connectivity index (χ3n) is 4.21. The Balaban J connectivity index is 1.83. The van der Waals surface area contributed by atoms with Crippen molar-refractivity contribution in [2.24, 2.45) is 0 Å². The van der Waals surface area contributed by atoms with Crippen molar-refractivity contribution < 1.29 is 14.3 Å². The van der Waals surface area contributed by atoms with Crippen LogP contribution in [-0.4, -0.2) is 24.6 Å². The van der Waals surface area contributed by atoms with Crippen molar-refractivity contribution in [1.82, 2.24) is 4.98 Å². The lowest BCUT2D eigenvalue weighted by Gasteiger charge is -2.13. The smallest absolute Gasteiger partial charge is 0.267 e. The quantitative estimate of drug-likeness (QED) is 0.507. The van der Waals surface area contributed by atoms with Crippen LogP contribution in [0.4, 0.5) is 5.69 Å². The normalized spacial score (nSPS) is 10.5. The number of ether oxygens (including phenoxy) is 2. The lowest BCUT2D eigenvalue weighted by molar-refractivity contribution is 0.102. The summed E-state index contributed by atoms with van der Waals surface area (Å²) in [6.07, 6.45) is 1.99. The van der Waals surface area contributed by atoms with E-state index < -0.39 is 0 Å². The Kier molecular flexibility index (Phi) is 6.66. The first-order valence-corrected chi connectivity index (χ1v) is 10.1. The number of benzene rings is 2. The fourth-order valence-electron chi connectivity index (χ4n) is 2.68. The number of unbranched alkanes of at least 4 members (excludes halogenated alkanes) is 1. The van der Waals surface area contributed by atoms with Crippen LogP contribution in [0.25, 0.3) is 10.6 Å². The molecule has 3 rings (SSSR count). The maximum absolute atomic E-state index is 12.9. The summed E-state index contributed by atoms with van der Waals surface area (Å²) in [5.41, 5.74) is 2.30. The third-order valence-corrected chi connectivity index (χ3v) is 5.42. The Bertz CT molecular complexity index is 938. The third kappa shape index (κ3) is 4.70. The number of rotatable bonds is 8. The van der Waals surface area contributed by atoms with Gasteiger partial charge in [-0.2, -0.15) is 0 Å². The van der Waals surface area contributed by atoms with Gasteiger partial charge < -0.3 is 14.8 Å². The van der Waals surface area contributed by atoms with Gasteiger partial charge in [0.25, 0.3) is 5.91 Å². The zero-order valence-electron chi connectivity index (χ0n) is 16.3. The number of thiazole rings is 1. The molecule has 0 unspecified atom stereocenters. The number of amides is 1. The van der Waals surface area contributed by atoms with Gasteiger partial charge in [0.1, 0.15) is 21.4 Å². The summed E-state index contributed by atoms with van der Waals surface area (Å²) < 4.78 is 11.1. The second kappa shape index (κ2) is 9.37. The monoisotopic (exact) mass is 396 g/mol. The first-order valence-electron chi connectivity index (χ1n) is 9.27. The van der Waals surface area contributed by atoms with E-state index in [0.29, 0.717) is 34.4 Å². The van der Waals surface area contributed by atoms with Gasteiger partial charge in [0.15, 0.2) is 0 Å². The Labute approximate surface area is 169 Å². The summed E-state index contributed by atoms with van der Waals surface area (Å²) in [5.74, 6) is 1.09. The molecule has 2 aromatic carbocycles. The minimum Gasteiger partial charge on any atom is -0.497 e. The van der Waals surface area contributed by atoms with Crippen LogP contribution in [0.2, 0.25) is 0 Å². The summed E-state index contributed by atoms with van der Waals surface area (Å²) in [6, 6.07) is 15.3. The number of hydrogen-bond donors (Lipinski definition) is 1. The first-order chi connectivity index (χ1) is 13.6. The molecule has 0 atom stereocenters. The van der Waals surface area contributed by atoms with Crippen molar-refractivity contribution in [3.63, 3.8) is 0 Å². The van der Waals surface area contributed by atoms with Gasteiger partial charge in [-0.15, -0.1) is 11.3 Å². The number of hydrogen-bond acceptors (Lipinski definition) is 5. The summed E-state index contributed by atoms with van der Waals surface area (Å²) in [5, 5.41) is 3.79. The van der Waals surface area contributed by atoms with E-state index in [2.05, 4.69) is 17.2 Å². The van der Waals surface area contributed by atoms with E-state index in [4.69, 9.17) is 9.47 Å². The number of nitrogens with one attached hydrogen (secondary N) is 1. The molecule has 0 fully saturated rings. The zero-order chi connectivity index (χ0) is 19.9. The van der Waals surface area contributed by atoms with E-state index in [9.17, 15) is 4.79 Å². The van der Waals surface area contributed by atoms with E-state index in [-0.39, 0.29) is 5.91 Å². The largest absolute Gasteiger partial charge is 0.497 e. The molecule has 28 heavy (non-hydrogen) atoms. The molecule has 3 aromatic rings. The predicted octanol–water partition coefficient (Wildman–Crippen LogP) is 5.56. The molecule has 1 heterocycles. The molecule has 0 aliphatic carbocycles. The molecular formula is C22H24N2O3S. The molecule has 1 amide bonds. The Morgan fingerprint density at radius 2 is 1.96 bits per heavy atom. The van der Waals surface area contributed by atoms with Gasteiger partial charge in [0, 0.05) is 11.6 Å². The van der Waals surface area contributed by atoms with Gasteiger partial charge in [-0.25, -0.2) is 4.98 Å². The molecule has 5 nitrogen and oxygen atoms in total. The Morgan fingerprint density at radius 3 is 2.68 bits per heavy atom. The second-order valence-corrected chi connectivity index (χ2v) is 7.32. The average Bonchev–Trinajstić information content (AvgIpc) is 3.11. The molecule has 146 valence electrons. The summed E-state index contributed by atoms with van der Waals surface area (Å²) in [6.45, 7) is 4.56. The van der Waals surface area contributed by atoms with E-state index in [0.717, 1.165) is 23.4 Å². The van der Waals surface area contributed by atoms with Crippen LogP contribution in [0.1, 0.15) is 35.1 Å². The topological polar surface area (TPSA) is 60.5 Å². The van der Waals surface area contributed by atoms with Crippen LogP contribution < -0.4 is 14.8 Å². The number of carbonyl (C=O) groups excluding carboxylic acids is 1. The predicted molar refractivity (Wildman–Crippen MR) is 114 cm³/mol. The van der Waals surface area contributed by atoms with Crippen LogP contribution >= 0.6 is 11.3 Å². The van der Waals surface area contributed by atoms with Crippen molar-refractivity contribution in [2.45, 2.75) is 26.7 Å². The molecule has 0 bridgehead atoms. The fraction of sp³-hybridized carbons (Fsp3) is 0.273. The highest BCUT2D eigenvalue weighted by Crippen LogP contribution is 2.32. The molecular weight excluding hydrogens is 372 g/mol. The standard InChI is InChI=1S/C22H24N2O3S/c1-4-5-13-27-19-12-11-17(26-3)14-18(19)24-21(25)20-15(2)23-22(28-20)16-9-7-6-8-10-16/h6-12,14H,4-5,13H2,1-3H3,(H,24,25). The van der Waals surface area contributed by atoms with Crippen molar-refractivity contribution in [3.8, 4) is 22.1 Å². The molecule has 1 aromatic heterocycles. The van der Waals surface area contributed by atoms with Crippen molar-refractivity contribution in [2.75, 3.05) is 19.0 Å². The van der Waals surface area contributed by atoms with Crippen LogP contribution in [0.3, 0.4) is 0 Å². The van der Waals surface area contributed by atoms with E-state index in [1.54, 1.807) is 13.2 Å². The van der Waals surface area contributed by atoms with Crippen LogP contribution in [0.5, 0.6) is 11.5 Å². The van der Waals surface area contributed by atoms with Gasteiger partial charge in [-0.1, -0.05) is 43.7 Å². The highest BCUT2D eigenvalue weighted by molar-refractivity contribution is 7.17. The molecule has 0 radical (unpaired) electrons. The Hall–Kier alpha value is -2.86.